The first kappa shape index (κ1) is 12.9. The van der Waals surface area contributed by atoms with Gasteiger partial charge in [0.05, 0.1) is 6.61 Å². The number of halogens is 2. The molecule has 2 rings (SSSR count). The average Bonchev–Trinajstić information content (AvgIpc) is 2.74. The highest BCUT2D eigenvalue weighted by Gasteiger charge is 2.33. The first-order valence-corrected chi connectivity index (χ1v) is 5.54. The van der Waals surface area contributed by atoms with Crippen molar-refractivity contribution < 1.29 is 23.4 Å². The van der Waals surface area contributed by atoms with Gasteiger partial charge in [0.2, 0.25) is 0 Å². The maximum Gasteiger partial charge on any atom is 0.257 e. The molecule has 1 aromatic rings. The Hall–Kier alpha value is -1.53. The summed E-state index contributed by atoms with van der Waals surface area (Å²) in [6, 6.07) is 3.19. The third-order valence-corrected chi connectivity index (χ3v) is 2.85. The molecule has 1 aliphatic rings. The van der Waals surface area contributed by atoms with Crippen LogP contribution >= 0.6 is 0 Å². The molecule has 98 valence electrons. The van der Waals surface area contributed by atoms with E-state index in [0.717, 1.165) is 12.1 Å². The zero-order valence-electron chi connectivity index (χ0n) is 9.58. The summed E-state index contributed by atoms with van der Waals surface area (Å²) < 4.78 is 31.6. The van der Waals surface area contributed by atoms with Crippen molar-refractivity contribution in [3.05, 3.63) is 35.4 Å². The molecule has 6 heteroatoms. The number of rotatable bonds is 3. The number of amides is 1. The molecule has 1 fully saturated rings. The van der Waals surface area contributed by atoms with Crippen LogP contribution in [0.3, 0.4) is 0 Å². The molecule has 0 aliphatic carbocycles. The number of nitrogens with one attached hydrogen (secondary N) is 1. The summed E-state index contributed by atoms with van der Waals surface area (Å²) in [4.78, 5) is 11.6. The average molecular weight is 257 g/mol. The fraction of sp³-hybridized carbons (Fsp3) is 0.417. The van der Waals surface area contributed by atoms with E-state index in [1.165, 1.54) is 6.07 Å². The van der Waals surface area contributed by atoms with Gasteiger partial charge in [-0.2, -0.15) is 0 Å². The van der Waals surface area contributed by atoms with Gasteiger partial charge >= 0.3 is 0 Å². The van der Waals surface area contributed by atoms with Crippen molar-refractivity contribution >= 4 is 5.91 Å². The number of carbonyl (C=O) groups is 1. The lowest BCUT2D eigenvalue weighted by Gasteiger charge is -2.20. The summed E-state index contributed by atoms with van der Waals surface area (Å²) in [5.41, 5.74) is -1.79. The van der Waals surface area contributed by atoms with Crippen LogP contribution in [0.25, 0.3) is 0 Å². The Bertz CT molecular complexity index is 438. The standard InChI is InChI=1S/C12H13F2NO3/c13-8-2-1-3-9(14)10(8)11(16)15-6-12(17)4-5-18-7-12/h1-3,17H,4-7H2,(H,15,16). The molecule has 1 unspecified atom stereocenters. The molecule has 1 aliphatic heterocycles. The second-order valence-electron chi connectivity index (χ2n) is 4.31. The fourth-order valence-corrected chi connectivity index (χ4v) is 1.78. The third kappa shape index (κ3) is 2.65. The molecule has 1 amide bonds. The smallest absolute Gasteiger partial charge is 0.257 e. The van der Waals surface area contributed by atoms with Gasteiger partial charge in [-0.15, -0.1) is 0 Å². The molecular weight excluding hydrogens is 244 g/mol. The quantitative estimate of drug-likeness (QED) is 0.843. The zero-order valence-corrected chi connectivity index (χ0v) is 9.58. The molecule has 1 aromatic carbocycles. The summed E-state index contributed by atoms with van der Waals surface area (Å²) in [6.07, 6.45) is 0.382. The van der Waals surface area contributed by atoms with Crippen molar-refractivity contribution in [2.45, 2.75) is 12.0 Å². The lowest BCUT2D eigenvalue weighted by Crippen LogP contribution is -2.43. The van der Waals surface area contributed by atoms with E-state index in [1.54, 1.807) is 0 Å². The number of hydrogen-bond acceptors (Lipinski definition) is 3. The van der Waals surface area contributed by atoms with Gasteiger partial charge in [0.25, 0.3) is 5.91 Å². The first-order chi connectivity index (χ1) is 8.52. The van der Waals surface area contributed by atoms with Crippen molar-refractivity contribution in [3.63, 3.8) is 0 Å². The summed E-state index contributed by atoms with van der Waals surface area (Å²) >= 11 is 0. The van der Waals surface area contributed by atoms with Gasteiger partial charge in [-0.3, -0.25) is 4.79 Å². The fourth-order valence-electron chi connectivity index (χ4n) is 1.78. The SMILES string of the molecule is O=C(NCC1(O)CCOC1)c1c(F)cccc1F. The maximum atomic E-state index is 13.3. The van der Waals surface area contributed by atoms with E-state index in [-0.39, 0.29) is 13.2 Å². The Morgan fingerprint density at radius 3 is 2.67 bits per heavy atom. The second-order valence-corrected chi connectivity index (χ2v) is 4.31. The van der Waals surface area contributed by atoms with Crippen LogP contribution in [-0.4, -0.2) is 36.4 Å². The monoisotopic (exact) mass is 257 g/mol. The minimum atomic E-state index is -1.16. The largest absolute Gasteiger partial charge is 0.386 e. The molecule has 2 N–H and O–H groups in total. The van der Waals surface area contributed by atoms with Gasteiger partial charge in [0.1, 0.15) is 22.8 Å². The molecule has 0 radical (unpaired) electrons. The lowest BCUT2D eigenvalue weighted by molar-refractivity contribution is 0.0263. The van der Waals surface area contributed by atoms with E-state index in [0.29, 0.717) is 13.0 Å². The normalized spacial score (nSPS) is 23.1. The van der Waals surface area contributed by atoms with E-state index in [1.807, 2.05) is 0 Å². The van der Waals surface area contributed by atoms with Gasteiger partial charge in [-0.1, -0.05) is 6.07 Å². The molecule has 0 bridgehead atoms. The third-order valence-electron chi connectivity index (χ3n) is 2.85. The number of carbonyl (C=O) groups excluding carboxylic acids is 1. The molecule has 0 saturated carbocycles. The number of aliphatic hydroxyl groups is 1. The number of benzene rings is 1. The van der Waals surface area contributed by atoms with Crippen molar-refractivity contribution in [2.75, 3.05) is 19.8 Å². The van der Waals surface area contributed by atoms with Crippen LogP contribution in [-0.2, 0) is 4.74 Å². The van der Waals surface area contributed by atoms with Crippen LogP contribution in [0.1, 0.15) is 16.8 Å². The van der Waals surface area contributed by atoms with Crippen LogP contribution in [0.4, 0.5) is 8.78 Å². The van der Waals surface area contributed by atoms with E-state index >= 15 is 0 Å². The predicted molar refractivity (Wildman–Crippen MR) is 59.1 cm³/mol. The summed E-state index contributed by atoms with van der Waals surface area (Å²) in [7, 11) is 0. The van der Waals surface area contributed by atoms with E-state index < -0.39 is 28.7 Å². The topological polar surface area (TPSA) is 58.6 Å². The summed E-state index contributed by atoms with van der Waals surface area (Å²) in [5, 5.41) is 12.2. The van der Waals surface area contributed by atoms with E-state index in [9.17, 15) is 18.7 Å². The van der Waals surface area contributed by atoms with Crippen LogP contribution in [0, 0.1) is 11.6 Å². The van der Waals surface area contributed by atoms with Crippen LogP contribution in [0.5, 0.6) is 0 Å². The lowest BCUT2D eigenvalue weighted by atomic mass is 10.0. The zero-order chi connectivity index (χ0) is 13.2. The first-order valence-electron chi connectivity index (χ1n) is 5.54. The van der Waals surface area contributed by atoms with Gasteiger partial charge in [0, 0.05) is 19.6 Å². The van der Waals surface area contributed by atoms with Crippen molar-refractivity contribution in [1.82, 2.24) is 5.32 Å². The Morgan fingerprint density at radius 2 is 2.11 bits per heavy atom. The van der Waals surface area contributed by atoms with E-state index in [4.69, 9.17) is 4.74 Å². The summed E-state index contributed by atoms with van der Waals surface area (Å²) in [6.45, 7) is 0.410. The van der Waals surface area contributed by atoms with Crippen molar-refractivity contribution in [3.8, 4) is 0 Å². The van der Waals surface area contributed by atoms with Crippen LogP contribution < -0.4 is 5.32 Å². The molecule has 1 saturated heterocycles. The molecule has 18 heavy (non-hydrogen) atoms. The minimum absolute atomic E-state index is 0.0976. The minimum Gasteiger partial charge on any atom is -0.386 e. The molecule has 4 nitrogen and oxygen atoms in total. The highest BCUT2D eigenvalue weighted by atomic mass is 19.1. The molecule has 1 atom stereocenters. The van der Waals surface area contributed by atoms with Crippen LogP contribution in [0.2, 0.25) is 0 Å². The van der Waals surface area contributed by atoms with Crippen molar-refractivity contribution in [1.29, 1.82) is 0 Å². The molecule has 1 heterocycles. The van der Waals surface area contributed by atoms with Gasteiger partial charge < -0.3 is 15.2 Å². The van der Waals surface area contributed by atoms with Crippen LogP contribution in [0.15, 0.2) is 18.2 Å². The van der Waals surface area contributed by atoms with Gasteiger partial charge in [-0.25, -0.2) is 8.78 Å². The Kier molecular flexibility index (Phi) is 3.58. The molecule has 0 aromatic heterocycles. The molecular formula is C12H13F2NO3. The Labute approximate surface area is 103 Å². The molecule has 0 spiro atoms. The maximum absolute atomic E-state index is 13.3. The highest BCUT2D eigenvalue weighted by Crippen LogP contribution is 2.18. The van der Waals surface area contributed by atoms with Gasteiger partial charge in [-0.05, 0) is 12.1 Å². The number of ether oxygens (including phenoxy) is 1. The number of hydrogen-bond donors (Lipinski definition) is 2. The van der Waals surface area contributed by atoms with Crippen molar-refractivity contribution in [2.24, 2.45) is 0 Å². The van der Waals surface area contributed by atoms with Gasteiger partial charge in [0.15, 0.2) is 0 Å². The predicted octanol–water partition coefficient (Wildman–Crippen LogP) is 0.846. The Morgan fingerprint density at radius 1 is 1.44 bits per heavy atom. The second kappa shape index (κ2) is 4.99. The highest BCUT2D eigenvalue weighted by molar-refractivity contribution is 5.94. The summed E-state index contributed by atoms with van der Waals surface area (Å²) in [5.74, 6) is -2.74. The van der Waals surface area contributed by atoms with E-state index in [2.05, 4.69) is 5.32 Å². The Balaban J connectivity index is 2.04.